The molecule has 1 aromatic heterocycles. The van der Waals surface area contributed by atoms with E-state index < -0.39 is 17.8 Å². The molecule has 134 valence electrons. The van der Waals surface area contributed by atoms with Crippen LogP contribution < -0.4 is 4.74 Å². The number of pyridine rings is 1. The first-order chi connectivity index (χ1) is 12.5. The van der Waals surface area contributed by atoms with E-state index in [1.165, 1.54) is 30.5 Å². The summed E-state index contributed by atoms with van der Waals surface area (Å²) in [5, 5.41) is 0.467. The summed E-state index contributed by atoms with van der Waals surface area (Å²) in [5.41, 5.74) is 0.502. The summed E-state index contributed by atoms with van der Waals surface area (Å²) < 4.78 is 5.44. The first-order valence-electron chi connectivity index (χ1n) is 7.91. The second-order valence-electron chi connectivity index (χ2n) is 5.87. The van der Waals surface area contributed by atoms with Crippen molar-refractivity contribution in [2.45, 2.75) is 0 Å². The fourth-order valence-electron chi connectivity index (χ4n) is 2.30. The van der Waals surface area contributed by atoms with Crippen molar-refractivity contribution in [2.24, 2.45) is 0 Å². The Labute approximate surface area is 149 Å². The maximum atomic E-state index is 12.2. The van der Waals surface area contributed by atoms with Crippen LogP contribution in [0.2, 0.25) is 0 Å². The van der Waals surface area contributed by atoms with E-state index >= 15 is 0 Å². The molecule has 0 radical (unpaired) electrons. The number of fused-ring (bicyclic) bond motifs is 1. The summed E-state index contributed by atoms with van der Waals surface area (Å²) in [5.74, 6) is -1.83. The van der Waals surface area contributed by atoms with Gasteiger partial charge in [-0.3, -0.25) is 9.59 Å². The van der Waals surface area contributed by atoms with Gasteiger partial charge in [0, 0.05) is 18.8 Å². The van der Waals surface area contributed by atoms with E-state index in [1.54, 1.807) is 12.1 Å². The highest BCUT2D eigenvalue weighted by Crippen LogP contribution is 2.23. The van der Waals surface area contributed by atoms with Crippen molar-refractivity contribution in [1.82, 2.24) is 14.9 Å². The zero-order valence-electron chi connectivity index (χ0n) is 14.3. The molecule has 1 aromatic carbocycles. The van der Waals surface area contributed by atoms with Crippen LogP contribution in [0.5, 0.6) is 5.88 Å². The third kappa shape index (κ3) is 3.55. The lowest BCUT2D eigenvalue weighted by molar-refractivity contribution is -0.0584. The zero-order chi connectivity index (χ0) is 18.7. The Balaban J connectivity index is 1.64. The number of likely N-dealkylation sites (N-methyl/N-ethyl adjacent to an activating group) is 1. The summed E-state index contributed by atoms with van der Waals surface area (Å²) in [6.07, 6.45) is 1.27. The molecule has 0 spiro atoms. The first-order valence-corrected chi connectivity index (χ1v) is 7.91. The number of carbonyl (C=O) groups is 3. The Morgan fingerprint density at radius 1 is 1.08 bits per heavy atom. The topological polar surface area (TPSA) is 89.0 Å². The molecule has 1 aliphatic heterocycles. The maximum Gasteiger partial charge on any atom is 0.365 e. The highest BCUT2D eigenvalue weighted by atomic mass is 16.7. The third-order valence-electron chi connectivity index (χ3n) is 3.69. The normalized spacial score (nSPS) is 13.1. The number of imide groups is 1. The van der Waals surface area contributed by atoms with Crippen LogP contribution in [0.4, 0.5) is 0 Å². The number of carbonyl (C=O) groups excluding carboxylic acids is 3. The molecule has 0 N–H and O–H groups in total. The van der Waals surface area contributed by atoms with Gasteiger partial charge < -0.3 is 14.5 Å². The van der Waals surface area contributed by atoms with E-state index in [1.807, 2.05) is 19.0 Å². The number of ether oxygens (including phenoxy) is 1. The molecule has 26 heavy (non-hydrogen) atoms. The lowest BCUT2D eigenvalue weighted by Crippen LogP contribution is -2.32. The molecule has 0 saturated carbocycles. The molecule has 3 rings (SSSR count). The fraction of sp³-hybridized carbons (Fsp3) is 0.222. The van der Waals surface area contributed by atoms with Crippen LogP contribution in [0.25, 0.3) is 0 Å². The molecule has 0 aliphatic carbocycles. The lowest BCUT2D eigenvalue weighted by atomic mass is 10.1. The van der Waals surface area contributed by atoms with Gasteiger partial charge >= 0.3 is 5.97 Å². The lowest BCUT2D eigenvalue weighted by Gasteiger charge is -2.13. The molecular formula is C18H17N3O5. The predicted octanol–water partition coefficient (Wildman–Crippen LogP) is 1.39. The van der Waals surface area contributed by atoms with Gasteiger partial charge in [0.15, 0.2) is 0 Å². The number of benzene rings is 1. The van der Waals surface area contributed by atoms with Crippen LogP contribution in [0.3, 0.4) is 0 Å². The van der Waals surface area contributed by atoms with Crippen LogP contribution in [0.1, 0.15) is 31.1 Å². The Hall–Kier alpha value is -3.26. The molecule has 0 saturated heterocycles. The van der Waals surface area contributed by atoms with Gasteiger partial charge in [-0.2, -0.15) is 0 Å². The van der Waals surface area contributed by atoms with Crippen LogP contribution in [0.15, 0.2) is 42.6 Å². The molecule has 0 bridgehead atoms. The van der Waals surface area contributed by atoms with Gasteiger partial charge in [-0.15, -0.1) is 0 Å². The number of nitrogens with zero attached hydrogens (tertiary/aromatic N) is 3. The Kier molecular flexibility index (Phi) is 4.94. The smallest absolute Gasteiger partial charge is 0.365 e. The summed E-state index contributed by atoms with van der Waals surface area (Å²) >= 11 is 0. The summed E-state index contributed by atoms with van der Waals surface area (Å²) in [7, 11) is 3.85. The SMILES string of the molecule is CN(C)CCOc1ccc(C(=O)ON2C(=O)c3ccccc3C2=O)cn1. The van der Waals surface area contributed by atoms with Gasteiger partial charge in [0.25, 0.3) is 11.8 Å². The van der Waals surface area contributed by atoms with Gasteiger partial charge in [-0.1, -0.05) is 17.2 Å². The number of hydrogen-bond acceptors (Lipinski definition) is 7. The van der Waals surface area contributed by atoms with E-state index in [9.17, 15) is 14.4 Å². The molecule has 0 unspecified atom stereocenters. The first kappa shape index (κ1) is 17.6. The van der Waals surface area contributed by atoms with Gasteiger partial charge in [0.05, 0.1) is 16.7 Å². The Morgan fingerprint density at radius 2 is 1.73 bits per heavy atom. The number of rotatable bonds is 6. The van der Waals surface area contributed by atoms with E-state index in [4.69, 9.17) is 9.57 Å². The van der Waals surface area contributed by atoms with Gasteiger partial charge in [-0.25, -0.2) is 9.78 Å². The van der Waals surface area contributed by atoms with Crippen molar-refractivity contribution in [1.29, 1.82) is 0 Å². The molecule has 2 aromatic rings. The third-order valence-corrected chi connectivity index (χ3v) is 3.69. The number of aromatic nitrogens is 1. The highest BCUT2D eigenvalue weighted by Gasteiger charge is 2.38. The van der Waals surface area contributed by atoms with Crippen molar-refractivity contribution >= 4 is 17.8 Å². The predicted molar refractivity (Wildman–Crippen MR) is 90.6 cm³/mol. The van der Waals surface area contributed by atoms with Crippen LogP contribution in [-0.4, -0.2) is 60.0 Å². The molecular weight excluding hydrogens is 338 g/mol. The average Bonchev–Trinajstić information content (AvgIpc) is 2.87. The average molecular weight is 355 g/mol. The molecule has 0 fully saturated rings. The van der Waals surface area contributed by atoms with E-state index in [-0.39, 0.29) is 16.7 Å². The van der Waals surface area contributed by atoms with Crippen molar-refractivity contribution in [3.63, 3.8) is 0 Å². The number of hydrogen-bond donors (Lipinski definition) is 0. The summed E-state index contributed by atoms with van der Waals surface area (Å²) in [6.45, 7) is 1.18. The van der Waals surface area contributed by atoms with Crippen molar-refractivity contribution in [3.8, 4) is 5.88 Å². The second kappa shape index (κ2) is 7.32. The minimum absolute atomic E-state index is 0.0986. The molecule has 2 amide bonds. The monoisotopic (exact) mass is 355 g/mol. The Bertz CT molecular complexity index is 813. The largest absolute Gasteiger partial charge is 0.476 e. The quantitative estimate of drug-likeness (QED) is 0.724. The second-order valence-corrected chi connectivity index (χ2v) is 5.87. The number of amides is 2. The summed E-state index contributed by atoms with van der Waals surface area (Å²) in [4.78, 5) is 47.5. The molecule has 1 aliphatic rings. The minimum atomic E-state index is -0.855. The molecule has 8 heteroatoms. The highest BCUT2D eigenvalue weighted by molar-refractivity contribution is 6.21. The molecule has 0 atom stereocenters. The van der Waals surface area contributed by atoms with Crippen LogP contribution in [-0.2, 0) is 4.84 Å². The van der Waals surface area contributed by atoms with Crippen molar-refractivity contribution < 1.29 is 24.0 Å². The summed E-state index contributed by atoms with van der Waals surface area (Å²) in [6, 6.07) is 9.26. The Morgan fingerprint density at radius 3 is 2.27 bits per heavy atom. The zero-order valence-corrected chi connectivity index (χ0v) is 14.3. The van der Waals surface area contributed by atoms with E-state index in [2.05, 4.69) is 4.98 Å². The van der Waals surface area contributed by atoms with E-state index in [0.29, 0.717) is 17.6 Å². The fourth-order valence-corrected chi connectivity index (χ4v) is 2.30. The minimum Gasteiger partial charge on any atom is -0.476 e. The number of hydroxylamine groups is 2. The molecule has 2 heterocycles. The van der Waals surface area contributed by atoms with Gasteiger partial charge in [-0.05, 0) is 32.3 Å². The molecule has 8 nitrogen and oxygen atoms in total. The standard InChI is InChI=1S/C18H17N3O5/c1-20(2)9-10-25-15-8-7-12(11-19-15)18(24)26-21-16(22)13-5-3-4-6-14(13)17(21)23/h3-8,11H,9-10H2,1-2H3. The van der Waals surface area contributed by atoms with Crippen molar-refractivity contribution in [3.05, 3.63) is 59.3 Å². The van der Waals surface area contributed by atoms with Gasteiger partial charge in [0.1, 0.15) is 6.61 Å². The van der Waals surface area contributed by atoms with Crippen LogP contribution in [0, 0.1) is 0 Å². The van der Waals surface area contributed by atoms with Crippen molar-refractivity contribution in [2.75, 3.05) is 27.2 Å². The van der Waals surface area contributed by atoms with Crippen LogP contribution >= 0.6 is 0 Å². The van der Waals surface area contributed by atoms with E-state index in [0.717, 1.165) is 6.54 Å². The van der Waals surface area contributed by atoms with Gasteiger partial charge in [0.2, 0.25) is 5.88 Å². The maximum absolute atomic E-state index is 12.2.